The van der Waals surface area contributed by atoms with Crippen molar-refractivity contribution < 1.29 is 4.74 Å². The van der Waals surface area contributed by atoms with Gasteiger partial charge in [0.05, 0.1) is 0 Å². The minimum absolute atomic E-state index is 0.164. The number of para-hydroxylation sites is 1. The van der Waals surface area contributed by atoms with E-state index in [2.05, 4.69) is 35.6 Å². The number of halogens is 1. The van der Waals surface area contributed by atoms with Gasteiger partial charge in [-0.3, -0.25) is 0 Å². The molecule has 2 aliphatic rings. The largest absolute Gasteiger partial charge is 0.490 e. The van der Waals surface area contributed by atoms with Crippen LogP contribution in [0.1, 0.15) is 17.5 Å². The average Bonchev–Trinajstić information content (AvgIpc) is 2.85. The van der Waals surface area contributed by atoms with E-state index in [1.165, 1.54) is 11.1 Å². The van der Waals surface area contributed by atoms with Crippen LogP contribution in [0.25, 0.3) is 0 Å². The highest BCUT2D eigenvalue weighted by atomic mass is 35.5. The van der Waals surface area contributed by atoms with Crippen molar-refractivity contribution in [1.82, 2.24) is 5.32 Å². The molecule has 1 atom stereocenters. The molecule has 21 heavy (non-hydrogen) atoms. The van der Waals surface area contributed by atoms with Gasteiger partial charge in [0.15, 0.2) is 0 Å². The van der Waals surface area contributed by atoms with E-state index in [1.54, 1.807) is 0 Å². The lowest BCUT2D eigenvalue weighted by Gasteiger charge is -2.44. The summed E-state index contributed by atoms with van der Waals surface area (Å²) in [4.78, 5) is 0. The number of rotatable bonds is 3. The van der Waals surface area contributed by atoms with Gasteiger partial charge in [0, 0.05) is 29.9 Å². The second-order valence-corrected chi connectivity index (χ2v) is 6.59. The monoisotopic (exact) mass is 299 g/mol. The number of benzene rings is 2. The van der Waals surface area contributed by atoms with E-state index in [9.17, 15) is 0 Å². The van der Waals surface area contributed by atoms with Crippen molar-refractivity contribution in [3.8, 4) is 5.75 Å². The number of fused-ring (bicyclic) bond motifs is 1. The molecular formula is C18H18ClNO. The van der Waals surface area contributed by atoms with Gasteiger partial charge in [-0.15, -0.1) is 0 Å². The topological polar surface area (TPSA) is 21.3 Å². The fourth-order valence-electron chi connectivity index (χ4n) is 3.52. The van der Waals surface area contributed by atoms with Crippen LogP contribution in [-0.4, -0.2) is 19.2 Å². The van der Waals surface area contributed by atoms with Crippen molar-refractivity contribution in [3.05, 3.63) is 64.7 Å². The van der Waals surface area contributed by atoms with E-state index in [0.717, 1.165) is 36.7 Å². The molecule has 108 valence electrons. The highest BCUT2D eigenvalue weighted by molar-refractivity contribution is 6.30. The Balaban J connectivity index is 1.56. The molecule has 4 rings (SSSR count). The van der Waals surface area contributed by atoms with Crippen molar-refractivity contribution in [2.24, 2.45) is 0 Å². The third-order valence-electron chi connectivity index (χ3n) is 4.70. The summed E-state index contributed by atoms with van der Waals surface area (Å²) in [7, 11) is 0. The van der Waals surface area contributed by atoms with Gasteiger partial charge >= 0.3 is 0 Å². The van der Waals surface area contributed by atoms with E-state index in [4.69, 9.17) is 16.3 Å². The number of hydrogen-bond acceptors (Lipinski definition) is 2. The maximum Gasteiger partial charge on any atom is 0.123 e. The first kappa shape index (κ1) is 13.2. The van der Waals surface area contributed by atoms with Crippen LogP contribution < -0.4 is 10.1 Å². The SMILES string of the molecule is Clc1cccc(C2(CC3Cc4ccccc4O3)CNC2)c1. The lowest BCUT2D eigenvalue weighted by Crippen LogP contribution is -2.58. The lowest BCUT2D eigenvalue weighted by atomic mass is 9.71. The van der Waals surface area contributed by atoms with Gasteiger partial charge in [-0.05, 0) is 35.7 Å². The van der Waals surface area contributed by atoms with Gasteiger partial charge in [0.25, 0.3) is 0 Å². The van der Waals surface area contributed by atoms with Crippen molar-refractivity contribution in [2.45, 2.75) is 24.4 Å². The smallest absolute Gasteiger partial charge is 0.123 e. The molecule has 0 aromatic heterocycles. The van der Waals surface area contributed by atoms with Crippen LogP contribution in [0.15, 0.2) is 48.5 Å². The predicted octanol–water partition coefficient (Wildman–Crippen LogP) is 3.57. The third kappa shape index (κ3) is 2.33. The van der Waals surface area contributed by atoms with Crippen LogP contribution in [0.3, 0.4) is 0 Å². The van der Waals surface area contributed by atoms with E-state index in [1.807, 2.05) is 18.2 Å². The molecule has 2 aliphatic heterocycles. The van der Waals surface area contributed by atoms with Crippen LogP contribution in [0.4, 0.5) is 0 Å². The maximum absolute atomic E-state index is 6.17. The summed E-state index contributed by atoms with van der Waals surface area (Å²) in [6.07, 6.45) is 2.32. The van der Waals surface area contributed by atoms with Crippen LogP contribution in [0.2, 0.25) is 5.02 Å². The van der Waals surface area contributed by atoms with Gasteiger partial charge in [-0.2, -0.15) is 0 Å². The second-order valence-electron chi connectivity index (χ2n) is 6.15. The Labute approximate surface area is 130 Å². The molecular weight excluding hydrogens is 282 g/mol. The van der Waals surface area contributed by atoms with Crippen LogP contribution in [-0.2, 0) is 11.8 Å². The molecule has 0 aliphatic carbocycles. The van der Waals surface area contributed by atoms with Crippen LogP contribution in [0, 0.1) is 0 Å². The van der Waals surface area contributed by atoms with Crippen molar-refractivity contribution in [2.75, 3.05) is 13.1 Å². The van der Waals surface area contributed by atoms with Crippen molar-refractivity contribution in [1.29, 1.82) is 0 Å². The Morgan fingerprint density at radius 2 is 2.00 bits per heavy atom. The summed E-state index contributed by atoms with van der Waals surface area (Å²) < 4.78 is 6.13. The summed E-state index contributed by atoms with van der Waals surface area (Å²) in [6, 6.07) is 16.6. The highest BCUT2D eigenvalue weighted by Gasteiger charge is 2.42. The lowest BCUT2D eigenvalue weighted by molar-refractivity contribution is 0.143. The molecule has 2 heterocycles. The Kier molecular flexibility index (Phi) is 3.16. The Morgan fingerprint density at radius 3 is 2.71 bits per heavy atom. The molecule has 2 nitrogen and oxygen atoms in total. The van der Waals surface area contributed by atoms with E-state index < -0.39 is 0 Å². The number of nitrogens with one attached hydrogen (secondary N) is 1. The summed E-state index contributed by atoms with van der Waals surface area (Å²) in [5.74, 6) is 1.05. The molecule has 0 radical (unpaired) electrons. The molecule has 0 bridgehead atoms. The third-order valence-corrected chi connectivity index (χ3v) is 4.93. The summed E-state index contributed by atoms with van der Waals surface area (Å²) in [5.41, 5.74) is 2.82. The van der Waals surface area contributed by atoms with Crippen LogP contribution >= 0.6 is 11.6 Å². The average molecular weight is 300 g/mol. The fourth-order valence-corrected chi connectivity index (χ4v) is 3.71. The second kappa shape index (κ2) is 5.04. The molecule has 1 fully saturated rings. The number of ether oxygens (including phenoxy) is 1. The zero-order valence-corrected chi connectivity index (χ0v) is 12.6. The molecule has 1 saturated heterocycles. The highest BCUT2D eigenvalue weighted by Crippen LogP contribution is 2.39. The minimum atomic E-state index is 0.164. The first-order chi connectivity index (χ1) is 10.3. The number of hydrogen-bond donors (Lipinski definition) is 1. The molecule has 0 saturated carbocycles. The zero-order chi connectivity index (χ0) is 14.3. The quantitative estimate of drug-likeness (QED) is 0.935. The molecule has 2 aromatic carbocycles. The Morgan fingerprint density at radius 1 is 1.14 bits per heavy atom. The molecule has 1 unspecified atom stereocenters. The first-order valence-electron chi connectivity index (χ1n) is 7.47. The van der Waals surface area contributed by atoms with Gasteiger partial charge in [0.2, 0.25) is 0 Å². The summed E-state index contributed by atoms with van der Waals surface area (Å²) in [5, 5.41) is 4.23. The Bertz CT molecular complexity index is 641. The Hall–Kier alpha value is -1.51. The normalized spacial score (nSPS) is 22.2. The summed E-state index contributed by atoms with van der Waals surface area (Å²) >= 11 is 6.17. The predicted molar refractivity (Wildman–Crippen MR) is 85.2 cm³/mol. The fraction of sp³-hybridized carbons (Fsp3) is 0.333. The van der Waals surface area contributed by atoms with Crippen molar-refractivity contribution >= 4 is 11.6 Å². The van der Waals surface area contributed by atoms with Gasteiger partial charge in [-0.1, -0.05) is 41.9 Å². The van der Waals surface area contributed by atoms with E-state index in [-0.39, 0.29) is 11.5 Å². The van der Waals surface area contributed by atoms with Gasteiger partial charge < -0.3 is 10.1 Å². The maximum atomic E-state index is 6.17. The summed E-state index contributed by atoms with van der Waals surface area (Å²) in [6.45, 7) is 2.01. The molecule has 2 aromatic rings. The first-order valence-corrected chi connectivity index (χ1v) is 7.84. The van der Waals surface area contributed by atoms with Crippen LogP contribution in [0.5, 0.6) is 5.75 Å². The zero-order valence-electron chi connectivity index (χ0n) is 11.8. The van der Waals surface area contributed by atoms with Gasteiger partial charge in [-0.25, -0.2) is 0 Å². The van der Waals surface area contributed by atoms with Crippen molar-refractivity contribution in [3.63, 3.8) is 0 Å². The minimum Gasteiger partial charge on any atom is -0.490 e. The van der Waals surface area contributed by atoms with Gasteiger partial charge in [0.1, 0.15) is 11.9 Å². The standard InChI is InChI=1S/C18H18ClNO/c19-15-6-3-5-14(9-15)18(11-20-12-18)10-16-8-13-4-1-2-7-17(13)21-16/h1-7,9,16,20H,8,10-12H2. The molecule has 0 spiro atoms. The van der Waals surface area contributed by atoms with E-state index >= 15 is 0 Å². The molecule has 3 heteroatoms. The molecule has 1 N–H and O–H groups in total. The molecule has 0 amide bonds. The van der Waals surface area contributed by atoms with E-state index in [0.29, 0.717) is 0 Å².